The third kappa shape index (κ3) is 4.26. The number of hydrogen-bond donors (Lipinski definition) is 3. The monoisotopic (exact) mass is 411 g/mol. The summed E-state index contributed by atoms with van der Waals surface area (Å²) in [5, 5.41) is 15.9. The number of nitrogens with one attached hydrogen (secondary N) is 1. The highest BCUT2D eigenvalue weighted by Crippen LogP contribution is 2.30. The number of nitro benzene ring substituents is 1. The molecule has 0 saturated heterocycles. The minimum absolute atomic E-state index is 0.0314. The Kier molecular flexibility index (Phi) is 5.35. The zero-order valence-electron chi connectivity index (χ0n) is 15.1. The second kappa shape index (κ2) is 7.74. The summed E-state index contributed by atoms with van der Waals surface area (Å²) in [6.07, 6.45) is 0. The van der Waals surface area contributed by atoms with Crippen molar-refractivity contribution in [3.8, 4) is 0 Å². The van der Waals surface area contributed by atoms with Gasteiger partial charge in [-0.2, -0.15) is 8.42 Å². The number of nitrogen functional groups attached to an aromatic ring is 1. The van der Waals surface area contributed by atoms with Crippen LogP contribution in [0.5, 0.6) is 0 Å². The van der Waals surface area contributed by atoms with Crippen LogP contribution in [0.4, 0.5) is 17.1 Å². The van der Waals surface area contributed by atoms with Gasteiger partial charge in [0.15, 0.2) is 0 Å². The third-order valence-corrected chi connectivity index (χ3v) is 5.09. The summed E-state index contributed by atoms with van der Waals surface area (Å²) in [6.45, 7) is 3.99. The van der Waals surface area contributed by atoms with Crippen LogP contribution in [-0.2, 0) is 10.1 Å². The fraction of sp³-hybridized carbons (Fsp3) is 0. The predicted octanol–water partition coefficient (Wildman–Crippen LogP) is 2.10. The molecule has 9 heteroatoms. The molecule has 0 spiro atoms. The van der Waals surface area contributed by atoms with Gasteiger partial charge in [-0.15, -0.1) is 0 Å². The van der Waals surface area contributed by atoms with Crippen molar-refractivity contribution < 1.29 is 17.9 Å². The lowest BCUT2D eigenvalue weighted by Gasteiger charge is -2.15. The van der Waals surface area contributed by atoms with Gasteiger partial charge in [0.1, 0.15) is 10.6 Å². The van der Waals surface area contributed by atoms with Crippen LogP contribution in [0, 0.1) is 10.1 Å². The summed E-state index contributed by atoms with van der Waals surface area (Å²) >= 11 is 0. The van der Waals surface area contributed by atoms with E-state index >= 15 is 0 Å². The maximum Gasteiger partial charge on any atom is 0.294 e. The molecule has 3 aromatic rings. The van der Waals surface area contributed by atoms with Gasteiger partial charge in [-0.05, 0) is 23.4 Å². The molecule has 0 bridgehead atoms. The van der Waals surface area contributed by atoms with Crippen LogP contribution in [0.15, 0.2) is 71.6 Å². The van der Waals surface area contributed by atoms with Crippen LogP contribution in [0.1, 0.15) is 5.56 Å². The lowest BCUT2D eigenvalue weighted by molar-refractivity contribution is -0.384. The fourth-order valence-electron chi connectivity index (χ4n) is 2.83. The summed E-state index contributed by atoms with van der Waals surface area (Å²) in [6, 6.07) is 17.2. The Bertz CT molecular complexity index is 1320. The average Bonchev–Trinajstić information content (AvgIpc) is 2.66. The van der Waals surface area contributed by atoms with Crippen LogP contribution >= 0.6 is 0 Å². The number of nitrogens with two attached hydrogens (primary N) is 1. The van der Waals surface area contributed by atoms with Crippen molar-refractivity contribution in [1.82, 2.24) is 0 Å². The highest BCUT2D eigenvalue weighted by Gasteiger charge is 2.21. The first kappa shape index (κ1) is 20.1. The van der Waals surface area contributed by atoms with E-state index in [4.69, 9.17) is 5.73 Å². The molecule has 0 aliphatic rings. The van der Waals surface area contributed by atoms with Crippen molar-refractivity contribution in [2.75, 3.05) is 11.1 Å². The van der Waals surface area contributed by atoms with Gasteiger partial charge in [-0.25, -0.2) is 0 Å². The number of para-hydroxylation sites is 1. The molecular formula is C20H17N3O5S. The van der Waals surface area contributed by atoms with Gasteiger partial charge in [0.05, 0.1) is 10.6 Å². The molecule has 0 fully saturated rings. The topological polar surface area (TPSA) is 136 Å². The highest BCUT2D eigenvalue weighted by molar-refractivity contribution is 7.85. The van der Waals surface area contributed by atoms with Gasteiger partial charge in [0.25, 0.3) is 15.8 Å². The zero-order chi connectivity index (χ0) is 21.2. The number of anilines is 2. The van der Waals surface area contributed by atoms with E-state index < -0.39 is 25.6 Å². The summed E-state index contributed by atoms with van der Waals surface area (Å²) < 4.78 is 31.9. The van der Waals surface area contributed by atoms with E-state index in [0.717, 1.165) is 12.1 Å². The van der Waals surface area contributed by atoms with Gasteiger partial charge in [0.2, 0.25) is 0 Å². The molecule has 3 aromatic carbocycles. The van der Waals surface area contributed by atoms with E-state index in [1.165, 1.54) is 6.07 Å². The van der Waals surface area contributed by atoms with E-state index in [1.54, 1.807) is 48.5 Å². The van der Waals surface area contributed by atoms with Crippen molar-refractivity contribution >= 4 is 39.5 Å². The number of nitrogens with zero attached hydrogens (tertiary/aromatic N) is 1. The van der Waals surface area contributed by atoms with Crippen molar-refractivity contribution in [3.05, 3.63) is 92.8 Å². The van der Waals surface area contributed by atoms with Crippen molar-refractivity contribution in [2.24, 2.45) is 0 Å². The molecule has 0 amide bonds. The van der Waals surface area contributed by atoms with Crippen LogP contribution in [-0.4, -0.2) is 17.9 Å². The lowest BCUT2D eigenvalue weighted by atomic mass is 10.1. The van der Waals surface area contributed by atoms with E-state index in [-0.39, 0.29) is 5.69 Å². The first-order valence-electron chi connectivity index (χ1n) is 8.34. The molecular weight excluding hydrogens is 394 g/mol. The lowest BCUT2D eigenvalue weighted by Crippen LogP contribution is -2.28. The summed E-state index contributed by atoms with van der Waals surface area (Å²) in [5.41, 5.74) is 7.13. The van der Waals surface area contributed by atoms with Crippen molar-refractivity contribution in [2.45, 2.75) is 4.90 Å². The number of nitro groups is 1. The average molecular weight is 411 g/mol. The Hall–Kier alpha value is -3.69. The molecule has 0 saturated carbocycles. The van der Waals surface area contributed by atoms with Gasteiger partial charge in [-0.3, -0.25) is 14.7 Å². The SMILES string of the molecule is C=c1cccc/c1=C(\Nc1ccc(S(=O)(=O)O)cc1[N+](=O)[O-])c1ccccc1N. The van der Waals surface area contributed by atoms with Gasteiger partial charge < -0.3 is 11.1 Å². The largest absolute Gasteiger partial charge is 0.398 e. The van der Waals surface area contributed by atoms with E-state index in [9.17, 15) is 23.1 Å². The fourth-order valence-corrected chi connectivity index (χ4v) is 3.33. The van der Waals surface area contributed by atoms with Gasteiger partial charge >= 0.3 is 0 Å². The van der Waals surface area contributed by atoms with Crippen molar-refractivity contribution in [3.63, 3.8) is 0 Å². The molecule has 0 atom stereocenters. The maximum atomic E-state index is 11.5. The quantitative estimate of drug-likeness (QED) is 0.253. The van der Waals surface area contributed by atoms with E-state index in [2.05, 4.69) is 11.9 Å². The molecule has 0 unspecified atom stereocenters. The van der Waals surface area contributed by atoms with Crippen molar-refractivity contribution in [1.29, 1.82) is 0 Å². The van der Waals surface area contributed by atoms with Gasteiger partial charge in [0, 0.05) is 22.5 Å². The molecule has 0 aliphatic carbocycles. The molecule has 0 heterocycles. The van der Waals surface area contributed by atoms with Crippen LogP contribution < -0.4 is 21.5 Å². The Labute approximate surface area is 166 Å². The standard InChI is InChI=1S/C20H17N3O5S/c1-13-6-2-3-7-15(13)20(16-8-4-5-9-17(16)21)22-18-11-10-14(29(26,27)28)12-19(18)23(24)25/h2-12,22H,1,21H2,(H,26,27,28)/b20-15+. The molecule has 3 rings (SSSR count). The summed E-state index contributed by atoms with van der Waals surface area (Å²) in [7, 11) is -4.59. The summed E-state index contributed by atoms with van der Waals surface area (Å²) in [4.78, 5) is 10.2. The molecule has 148 valence electrons. The molecule has 29 heavy (non-hydrogen) atoms. The smallest absolute Gasteiger partial charge is 0.294 e. The molecule has 4 N–H and O–H groups in total. The minimum Gasteiger partial charge on any atom is -0.398 e. The minimum atomic E-state index is -4.59. The van der Waals surface area contributed by atoms with Crippen LogP contribution in [0.3, 0.4) is 0 Å². The van der Waals surface area contributed by atoms with Crippen LogP contribution in [0.2, 0.25) is 0 Å². The second-order valence-corrected chi connectivity index (χ2v) is 7.58. The highest BCUT2D eigenvalue weighted by atomic mass is 32.2. The predicted molar refractivity (Wildman–Crippen MR) is 111 cm³/mol. The number of hydrogen-bond acceptors (Lipinski definition) is 6. The van der Waals surface area contributed by atoms with Gasteiger partial charge in [-0.1, -0.05) is 49.0 Å². The Balaban J connectivity index is 2.28. The molecule has 8 nitrogen and oxygen atoms in total. The Morgan fingerprint density at radius 1 is 1.07 bits per heavy atom. The summed E-state index contributed by atoms with van der Waals surface area (Å²) in [5.74, 6) is 0. The van der Waals surface area contributed by atoms with E-state index in [0.29, 0.717) is 27.4 Å². The zero-order valence-corrected chi connectivity index (χ0v) is 15.9. The Morgan fingerprint density at radius 3 is 2.34 bits per heavy atom. The van der Waals surface area contributed by atoms with Crippen LogP contribution in [0.25, 0.3) is 12.3 Å². The number of rotatable bonds is 5. The van der Waals surface area contributed by atoms with E-state index in [1.807, 2.05) is 0 Å². The number of benzene rings is 3. The Morgan fingerprint density at radius 2 is 1.72 bits per heavy atom. The molecule has 0 aliphatic heterocycles. The molecule has 0 radical (unpaired) electrons. The third-order valence-electron chi connectivity index (χ3n) is 4.24. The normalized spacial score (nSPS) is 12.3. The first-order valence-corrected chi connectivity index (χ1v) is 9.78. The maximum absolute atomic E-state index is 11.5. The first-order chi connectivity index (χ1) is 13.7. The molecule has 0 aromatic heterocycles. The second-order valence-electron chi connectivity index (χ2n) is 6.16.